The molecule has 2 saturated heterocycles. The molecular formula is C31H41N7O4SSi. The standard InChI is InChI=1S/C31H41N7O4SSi/c1-20-16-21(9-10-32-20)29-34-24(19-41-29)28(39)33-23-17-25-26(36-30(43-25)37-12-14-40-15-13-37)35-27(23)38-11-7-8-22(18-38)42-44(5,6)31(2,3)4/h9-10,16-17,19,22H,7-8,11-15,18H2,1-6H3,(H,33,39)/t22-/m0/s1. The van der Waals surface area contributed by atoms with Crippen LogP contribution in [-0.4, -0.2) is 79.7 Å². The van der Waals surface area contributed by atoms with Gasteiger partial charge in [-0.3, -0.25) is 9.78 Å². The van der Waals surface area contributed by atoms with Gasteiger partial charge in [-0.25, -0.2) is 9.97 Å². The number of nitrogens with one attached hydrogen (secondary N) is 1. The van der Waals surface area contributed by atoms with E-state index in [1.807, 2.05) is 25.1 Å². The van der Waals surface area contributed by atoms with Gasteiger partial charge < -0.3 is 28.7 Å². The van der Waals surface area contributed by atoms with Gasteiger partial charge in [0.2, 0.25) is 5.89 Å². The molecule has 1 N–H and O–H groups in total. The van der Waals surface area contributed by atoms with Gasteiger partial charge in [-0.05, 0) is 56.1 Å². The first-order chi connectivity index (χ1) is 21.0. The number of pyridine rings is 2. The molecule has 0 spiro atoms. The number of rotatable bonds is 7. The van der Waals surface area contributed by atoms with E-state index in [-0.39, 0.29) is 22.7 Å². The fraction of sp³-hybridized carbons (Fsp3) is 0.516. The molecule has 234 valence electrons. The van der Waals surface area contributed by atoms with E-state index >= 15 is 0 Å². The van der Waals surface area contributed by atoms with E-state index in [1.165, 1.54) is 6.26 Å². The number of hydrogen-bond donors (Lipinski definition) is 1. The number of thiazole rings is 1. The Morgan fingerprint density at radius 1 is 1.11 bits per heavy atom. The molecule has 0 bridgehead atoms. The molecule has 1 amide bonds. The molecule has 0 radical (unpaired) electrons. The summed E-state index contributed by atoms with van der Waals surface area (Å²) in [5.74, 6) is 0.701. The maximum atomic E-state index is 13.6. The van der Waals surface area contributed by atoms with E-state index in [9.17, 15) is 4.79 Å². The van der Waals surface area contributed by atoms with Crippen molar-refractivity contribution in [2.45, 2.75) is 64.8 Å². The molecule has 11 nitrogen and oxygen atoms in total. The Hall–Kier alpha value is -3.39. The van der Waals surface area contributed by atoms with Crippen molar-refractivity contribution in [3.8, 4) is 11.5 Å². The van der Waals surface area contributed by atoms with E-state index < -0.39 is 8.32 Å². The highest BCUT2D eigenvalue weighted by Crippen LogP contribution is 2.40. The molecule has 44 heavy (non-hydrogen) atoms. The second-order valence-electron chi connectivity index (χ2n) is 13.0. The smallest absolute Gasteiger partial charge is 0.277 e. The molecule has 2 aliphatic heterocycles. The third-order valence-electron chi connectivity index (χ3n) is 8.71. The molecule has 2 fully saturated rings. The lowest BCUT2D eigenvalue weighted by Gasteiger charge is -2.42. The largest absolute Gasteiger partial charge is 0.444 e. The number of anilines is 3. The van der Waals surface area contributed by atoms with Crippen LogP contribution in [0, 0.1) is 6.92 Å². The van der Waals surface area contributed by atoms with Crippen molar-refractivity contribution in [1.29, 1.82) is 0 Å². The Labute approximate surface area is 263 Å². The number of aromatic nitrogens is 4. The summed E-state index contributed by atoms with van der Waals surface area (Å²) in [4.78, 5) is 36.7. The predicted octanol–water partition coefficient (Wildman–Crippen LogP) is 6.13. The van der Waals surface area contributed by atoms with Gasteiger partial charge in [0.15, 0.2) is 30.6 Å². The lowest BCUT2D eigenvalue weighted by atomic mass is 10.1. The number of oxazole rings is 1. The average Bonchev–Trinajstić information content (AvgIpc) is 3.64. The topological polar surface area (TPSA) is 119 Å². The van der Waals surface area contributed by atoms with Crippen LogP contribution in [0.5, 0.6) is 0 Å². The minimum atomic E-state index is -1.96. The van der Waals surface area contributed by atoms with Gasteiger partial charge in [0.1, 0.15) is 6.26 Å². The predicted molar refractivity (Wildman–Crippen MR) is 176 cm³/mol. The van der Waals surface area contributed by atoms with Crippen LogP contribution in [0.25, 0.3) is 21.8 Å². The highest BCUT2D eigenvalue weighted by molar-refractivity contribution is 7.22. The zero-order chi connectivity index (χ0) is 31.1. The van der Waals surface area contributed by atoms with Crippen LogP contribution >= 0.6 is 11.3 Å². The third kappa shape index (κ3) is 6.51. The van der Waals surface area contributed by atoms with E-state index in [2.05, 4.69) is 58.9 Å². The van der Waals surface area contributed by atoms with Crippen molar-refractivity contribution < 1.29 is 18.4 Å². The van der Waals surface area contributed by atoms with Crippen molar-refractivity contribution >= 4 is 52.5 Å². The number of carbonyl (C=O) groups is 1. The summed E-state index contributed by atoms with van der Waals surface area (Å²) in [6.45, 7) is 17.7. The SMILES string of the molecule is Cc1cc(-c2nc(C(=O)Nc3cc4sc(N5CCOCC5)nc4nc3N3CCC[C@H](O[Si](C)(C)C(C)(C)C)C3)co2)ccn1. The Balaban J connectivity index is 1.31. The Morgan fingerprint density at radius 3 is 2.66 bits per heavy atom. The first-order valence-electron chi connectivity index (χ1n) is 15.2. The van der Waals surface area contributed by atoms with Gasteiger partial charge in [-0.2, -0.15) is 4.98 Å². The highest BCUT2D eigenvalue weighted by atomic mass is 32.1. The number of aryl methyl sites for hydroxylation is 1. The number of hydrogen-bond acceptors (Lipinski definition) is 11. The van der Waals surface area contributed by atoms with Crippen molar-refractivity contribution in [3.63, 3.8) is 0 Å². The number of nitrogens with zero attached hydrogens (tertiary/aromatic N) is 6. The number of carbonyl (C=O) groups excluding carboxylic acids is 1. The van der Waals surface area contributed by atoms with Crippen LogP contribution in [-0.2, 0) is 9.16 Å². The number of ether oxygens (including phenoxy) is 1. The second kappa shape index (κ2) is 12.2. The number of fused-ring (bicyclic) bond motifs is 1. The lowest BCUT2D eigenvalue weighted by Crippen LogP contribution is -2.49. The number of piperidine rings is 1. The Morgan fingerprint density at radius 2 is 1.91 bits per heavy atom. The first kappa shape index (κ1) is 30.6. The minimum Gasteiger partial charge on any atom is -0.444 e. The Bertz CT molecular complexity index is 1640. The average molecular weight is 636 g/mol. The summed E-state index contributed by atoms with van der Waals surface area (Å²) in [7, 11) is -1.96. The van der Waals surface area contributed by atoms with Crippen molar-refractivity contribution in [3.05, 3.63) is 42.0 Å². The molecule has 6 rings (SSSR count). The van der Waals surface area contributed by atoms with Gasteiger partial charge in [-0.15, -0.1) is 0 Å². The molecule has 4 aromatic heterocycles. The molecule has 6 heterocycles. The molecule has 0 aliphatic carbocycles. The van der Waals surface area contributed by atoms with Crippen molar-refractivity contribution in [1.82, 2.24) is 19.9 Å². The number of amides is 1. The fourth-order valence-electron chi connectivity index (χ4n) is 5.26. The van der Waals surface area contributed by atoms with Crippen LogP contribution in [0.4, 0.5) is 16.6 Å². The normalized spacial score (nSPS) is 18.2. The summed E-state index contributed by atoms with van der Waals surface area (Å²) < 4.78 is 19.0. The second-order valence-corrected chi connectivity index (χ2v) is 18.8. The van der Waals surface area contributed by atoms with Crippen LogP contribution in [0.2, 0.25) is 18.1 Å². The van der Waals surface area contributed by atoms with Crippen LogP contribution in [0.3, 0.4) is 0 Å². The van der Waals surface area contributed by atoms with Crippen LogP contribution < -0.4 is 15.1 Å². The lowest BCUT2D eigenvalue weighted by molar-refractivity contribution is 0.102. The van der Waals surface area contributed by atoms with E-state index in [0.717, 1.165) is 53.6 Å². The molecule has 0 unspecified atom stereocenters. The van der Waals surface area contributed by atoms with Gasteiger partial charge in [-0.1, -0.05) is 32.1 Å². The molecular weight excluding hydrogens is 595 g/mol. The first-order valence-corrected chi connectivity index (χ1v) is 19.0. The van der Waals surface area contributed by atoms with Gasteiger partial charge >= 0.3 is 0 Å². The van der Waals surface area contributed by atoms with E-state index in [0.29, 0.717) is 42.8 Å². The summed E-state index contributed by atoms with van der Waals surface area (Å²) in [6, 6.07) is 5.67. The summed E-state index contributed by atoms with van der Waals surface area (Å²) in [6.07, 6.45) is 5.15. The summed E-state index contributed by atoms with van der Waals surface area (Å²) in [5, 5.41) is 4.14. The van der Waals surface area contributed by atoms with Crippen molar-refractivity contribution in [2.75, 3.05) is 54.5 Å². The maximum Gasteiger partial charge on any atom is 0.277 e. The molecule has 13 heteroatoms. The number of morpholine rings is 1. The van der Waals surface area contributed by atoms with E-state index in [1.54, 1.807) is 17.5 Å². The maximum absolute atomic E-state index is 13.6. The zero-order valence-corrected chi connectivity index (χ0v) is 28.2. The summed E-state index contributed by atoms with van der Waals surface area (Å²) >= 11 is 1.58. The monoisotopic (exact) mass is 635 g/mol. The molecule has 0 aromatic carbocycles. The Kier molecular flexibility index (Phi) is 8.48. The molecule has 4 aromatic rings. The highest BCUT2D eigenvalue weighted by Gasteiger charge is 2.40. The summed E-state index contributed by atoms with van der Waals surface area (Å²) in [5.41, 5.74) is 3.10. The van der Waals surface area contributed by atoms with Crippen LogP contribution in [0.1, 0.15) is 49.8 Å². The molecule has 1 atom stereocenters. The van der Waals surface area contributed by atoms with Crippen LogP contribution in [0.15, 0.2) is 35.1 Å². The van der Waals surface area contributed by atoms with E-state index in [4.69, 9.17) is 23.5 Å². The van der Waals surface area contributed by atoms with Gasteiger partial charge in [0.05, 0.1) is 29.7 Å². The van der Waals surface area contributed by atoms with Crippen molar-refractivity contribution in [2.24, 2.45) is 0 Å². The quantitative estimate of drug-likeness (QED) is 0.238. The van der Waals surface area contributed by atoms with Gasteiger partial charge in [0.25, 0.3) is 5.91 Å². The fourth-order valence-corrected chi connectivity index (χ4v) is 7.64. The minimum absolute atomic E-state index is 0.0898. The van der Waals surface area contributed by atoms with Gasteiger partial charge in [0, 0.05) is 43.6 Å². The molecule has 0 saturated carbocycles. The third-order valence-corrected chi connectivity index (χ3v) is 14.3. The zero-order valence-electron chi connectivity index (χ0n) is 26.3. The molecule has 2 aliphatic rings.